The molecule has 0 aliphatic rings. The number of nitrogens with one attached hydrogen (secondary N) is 3. The fourth-order valence-corrected chi connectivity index (χ4v) is 3.38. The normalized spacial score (nSPS) is 10.3. The molecule has 3 N–H and O–H groups in total. The van der Waals surface area contributed by atoms with Crippen LogP contribution < -0.4 is 25.6 Å². The first-order valence-corrected chi connectivity index (χ1v) is 11.1. The molecule has 0 fully saturated rings. The molecule has 0 radical (unpaired) electrons. The number of carbonyl (C=O) groups excluding carboxylic acids is 2. The number of rotatable bonds is 7. The third-order valence-corrected chi connectivity index (χ3v) is 5.11. The highest BCUT2D eigenvalue weighted by Crippen LogP contribution is 2.26. The number of ether oxygens (including phenoxy) is 2. The van der Waals surface area contributed by atoms with Crippen molar-refractivity contribution in [2.75, 3.05) is 13.2 Å². The fraction of sp³-hybridized carbons (Fsp3) is 0.174. The Morgan fingerprint density at radius 1 is 0.969 bits per heavy atom. The third-order valence-electron chi connectivity index (χ3n) is 4.29. The highest BCUT2D eigenvalue weighted by atomic mass is 79.9. The van der Waals surface area contributed by atoms with Gasteiger partial charge in [0, 0.05) is 5.56 Å². The number of halogens is 1. The molecule has 0 saturated heterocycles. The first-order chi connectivity index (χ1) is 15.5. The maximum atomic E-state index is 12.4. The second-order valence-corrected chi connectivity index (χ2v) is 8.01. The molecule has 9 heteroatoms. The summed E-state index contributed by atoms with van der Waals surface area (Å²) in [6, 6.07) is 18.4. The van der Waals surface area contributed by atoms with E-state index in [1.54, 1.807) is 24.3 Å². The average Bonchev–Trinajstić information content (AvgIpc) is 2.80. The molecule has 3 rings (SSSR count). The molecular formula is C23H22BrN3O4S. The molecule has 2 amide bonds. The van der Waals surface area contributed by atoms with Gasteiger partial charge in [-0.25, -0.2) is 0 Å². The number of amides is 2. The van der Waals surface area contributed by atoms with Crippen LogP contribution in [0, 0.1) is 0 Å². The molecule has 3 aromatic carbocycles. The van der Waals surface area contributed by atoms with Gasteiger partial charge in [-0.1, -0.05) is 37.3 Å². The largest absolute Gasteiger partial charge is 0.492 e. The molecule has 0 heterocycles. The molecule has 0 saturated carbocycles. The summed E-state index contributed by atoms with van der Waals surface area (Å²) in [6.07, 6.45) is 0.883. The predicted molar refractivity (Wildman–Crippen MR) is 131 cm³/mol. The van der Waals surface area contributed by atoms with Crippen molar-refractivity contribution >= 4 is 55.8 Å². The molecule has 166 valence electrons. The Morgan fingerprint density at radius 2 is 1.75 bits per heavy atom. The summed E-state index contributed by atoms with van der Waals surface area (Å²) in [7, 11) is 0. The second-order valence-electron chi connectivity index (χ2n) is 6.75. The molecular weight excluding hydrogens is 494 g/mol. The Balaban J connectivity index is 1.44. The molecule has 3 aromatic rings. The lowest BCUT2D eigenvalue weighted by atomic mass is 10.1. The van der Waals surface area contributed by atoms with E-state index in [1.165, 1.54) is 0 Å². The minimum absolute atomic E-state index is 0.0449. The number of thiocarbonyl (C=S) groups is 1. The molecule has 0 unspecified atom stereocenters. The number of hydrogen-bond acceptors (Lipinski definition) is 5. The van der Waals surface area contributed by atoms with E-state index in [1.807, 2.05) is 43.3 Å². The van der Waals surface area contributed by atoms with Crippen molar-refractivity contribution in [2.45, 2.75) is 13.3 Å². The van der Waals surface area contributed by atoms with Gasteiger partial charge in [-0.2, -0.15) is 0 Å². The maximum Gasteiger partial charge on any atom is 0.276 e. The summed E-state index contributed by atoms with van der Waals surface area (Å²) < 4.78 is 11.7. The lowest BCUT2D eigenvalue weighted by Crippen LogP contribution is -2.49. The van der Waals surface area contributed by atoms with Crippen LogP contribution in [0.3, 0.4) is 0 Å². The van der Waals surface area contributed by atoms with E-state index in [9.17, 15) is 9.59 Å². The first-order valence-electron chi connectivity index (χ1n) is 9.90. The monoisotopic (exact) mass is 515 g/mol. The zero-order chi connectivity index (χ0) is 22.9. The van der Waals surface area contributed by atoms with Gasteiger partial charge >= 0.3 is 0 Å². The number of hydrazine groups is 1. The zero-order valence-corrected chi connectivity index (χ0v) is 19.7. The van der Waals surface area contributed by atoms with Crippen molar-refractivity contribution < 1.29 is 19.1 Å². The van der Waals surface area contributed by atoms with Crippen LogP contribution in [0.1, 0.15) is 23.7 Å². The van der Waals surface area contributed by atoms with Crippen molar-refractivity contribution in [2.24, 2.45) is 0 Å². The first kappa shape index (κ1) is 23.5. The maximum absolute atomic E-state index is 12.4. The summed E-state index contributed by atoms with van der Waals surface area (Å²) >= 11 is 8.45. The minimum atomic E-state index is -0.449. The van der Waals surface area contributed by atoms with E-state index >= 15 is 0 Å². The van der Waals surface area contributed by atoms with E-state index in [0.717, 1.165) is 17.2 Å². The number of carbonyl (C=O) groups is 2. The van der Waals surface area contributed by atoms with Gasteiger partial charge in [-0.15, -0.1) is 0 Å². The average molecular weight is 516 g/mol. The van der Waals surface area contributed by atoms with Gasteiger partial charge in [0.2, 0.25) is 0 Å². The fourth-order valence-electron chi connectivity index (χ4n) is 2.75. The topological polar surface area (TPSA) is 88.7 Å². The molecule has 0 atom stereocenters. The van der Waals surface area contributed by atoms with Gasteiger partial charge in [0.05, 0.1) is 11.1 Å². The molecule has 0 bridgehead atoms. The van der Waals surface area contributed by atoms with E-state index in [0.29, 0.717) is 28.1 Å². The van der Waals surface area contributed by atoms with E-state index in [2.05, 4.69) is 32.1 Å². The van der Waals surface area contributed by atoms with Crippen LogP contribution in [-0.4, -0.2) is 30.1 Å². The lowest BCUT2D eigenvalue weighted by Gasteiger charge is -2.12. The SMILES string of the molecule is CCCOc1ccc(C(=O)NC(=S)NNC(=O)COc2ccc3ccccc3c2)cc1Br. The van der Waals surface area contributed by atoms with Crippen LogP contribution in [0.5, 0.6) is 11.5 Å². The summed E-state index contributed by atoms with van der Waals surface area (Å²) in [5, 5.41) is 4.56. The summed E-state index contributed by atoms with van der Waals surface area (Å²) in [5.41, 5.74) is 5.26. The van der Waals surface area contributed by atoms with E-state index in [-0.39, 0.29) is 11.7 Å². The van der Waals surface area contributed by atoms with Crippen molar-refractivity contribution in [3.8, 4) is 11.5 Å². The Morgan fingerprint density at radius 3 is 2.50 bits per heavy atom. The van der Waals surface area contributed by atoms with Gasteiger partial charge < -0.3 is 9.47 Å². The van der Waals surface area contributed by atoms with Gasteiger partial charge in [-0.3, -0.25) is 25.8 Å². The van der Waals surface area contributed by atoms with E-state index in [4.69, 9.17) is 21.7 Å². The molecule has 0 aromatic heterocycles. The molecule has 32 heavy (non-hydrogen) atoms. The zero-order valence-electron chi connectivity index (χ0n) is 17.3. The van der Waals surface area contributed by atoms with Crippen LogP contribution in [0.25, 0.3) is 10.8 Å². The third kappa shape index (κ3) is 6.66. The molecule has 0 aliphatic heterocycles. The highest BCUT2D eigenvalue weighted by Gasteiger charge is 2.12. The van der Waals surface area contributed by atoms with Crippen LogP contribution >= 0.6 is 28.1 Å². The van der Waals surface area contributed by atoms with Crippen LogP contribution in [0.2, 0.25) is 0 Å². The van der Waals surface area contributed by atoms with E-state index < -0.39 is 11.8 Å². The van der Waals surface area contributed by atoms with Crippen molar-refractivity contribution in [3.63, 3.8) is 0 Å². The Hall–Kier alpha value is -3.17. The van der Waals surface area contributed by atoms with Crippen LogP contribution in [0.15, 0.2) is 65.1 Å². The molecule has 0 aliphatic carbocycles. The van der Waals surface area contributed by atoms with Gasteiger partial charge in [-0.05, 0) is 75.7 Å². The Bertz CT molecular complexity index is 1140. The molecule has 0 spiro atoms. The number of fused-ring (bicyclic) bond motifs is 1. The second kappa shape index (κ2) is 11.4. The van der Waals surface area contributed by atoms with Crippen molar-refractivity contribution in [1.29, 1.82) is 0 Å². The van der Waals surface area contributed by atoms with Gasteiger partial charge in [0.25, 0.3) is 11.8 Å². The summed E-state index contributed by atoms with van der Waals surface area (Å²) in [6.45, 7) is 2.38. The number of benzene rings is 3. The highest BCUT2D eigenvalue weighted by molar-refractivity contribution is 9.10. The Kier molecular flexibility index (Phi) is 8.41. The van der Waals surface area contributed by atoms with Crippen LogP contribution in [0.4, 0.5) is 0 Å². The standard InChI is InChI=1S/C23H22BrN3O4S/c1-2-11-30-20-10-8-17(13-19(20)24)22(29)25-23(32)27-26-21(28)14-31-18-9-7-15-5-3-4-6-16(15)12-18/h3-10,12-13H,2,11,14H2,1H3,(H,26,28)(H2,25,27,29,32). The number of hydrogen-bond donors (Lipinski definition) is 3. The quantitative estimate of drug-likeness (QED) is 0.324. The molecule has 7 nitrogen and oxygen atoms in total. The van der Waals surface area contributed by atoms with Gasteiger partial charge in [0.15, 0.2) is 11.7 Å². The predicted octanol–water partition coefficient (Wildman–Crippen LogP) is 4.11. The van der Waals surface area contributed by atoms with Gasteiger partial charge in [0.1, 0.15) is 11.5 Å². The van der Waals surface area contributed by atoms with Crippen molar-refractivity contribution in [3.05, 3.63) is 70.7 Å². The Labute approximate surface area is 199 Å². The summed E-state index contributed by atoms with van der Waals surface area (Å²) in [5.74, 6) is 0.358. The minimum Gasteiger partial charge on any atom is -0.492 e. The summed E-state index contributed by atoms with van der Waals surface area (Å²) in [4.78, 5) is 24.4. The lowest BCUT2D eigenvalue weighted by molar-refractivity contribution is -0.123. The van der Waals surface area contributed by atoms with Crippen molar-refractivity contribution in [1.82, 2.24) is 16.2 Å². The van der Waals surface area contributed by atoms with Crippen LogP contribution in [-0.2, 0) is 4.79 Å². The smallest absolute Gasteiger partial charge is 0.276 e.